The van der Waals surface area contributed by atoms with Crippen molar-refractivity contribution in [1.82, 2.24) is 0 Å². The maximum atomic E-state index is 11.9. The van der Waals surface area contributed by atoms with Crippen LogP contribution in [0.1, 0.15) is 10.4 Å². The second-order valence-electron chi connectivity index (χ2n) is 4.67. The summed E-state index contributed by atoms with van der Waals surface area (Å²) in [5.41, 5.74) is -0.0978. The molecule has 0 atom stereocenters. The van der Waals surface area contributed by atoms with Gasteiger partial charge in [0.2, 0.25) is 0 Å². The third kappa shape index (κ3) is 5.06. The van der Waals surface area contributed by atoms with Gasteiger partial charge >= 0.3 is 5.97 Å². The molecule has 7 nitrogen and oxygen atoms in total. The van der Waals surface area contributed by atoms with Crippen LogP contribution in [-0.2, 0) is 9.53 Å². The fraction of sp³-hybridized carbons (Fsp3) is 0.0667. The van der Waals surface area contributed by atoms with Crippen molar-refractivity contribution in [2.45, 2.75) is 0 Å². The Morgan fingerprint density at radius 1 is 1.08 bits per heavy atom. The summed E-state index contributed by atoms with van der Waals surface area (Å²) in [5.74, 6) is -1.54. The first kappa shape index (κ1) is 19.0. The van der Waals surface area contributed by atoms with Crippen LogP contribution in [0.5, 0.6) is 0 Å². The van der Waals surface area contributed by atoms with Crippen LogP contribution < -0.4 is 5.32 Å². The average molecular weight is 404 g/mol. The molecule has 0 bridgehead atoms. The van der Waals surface area contributed by atoms with Gasteiger partial charge in [-0.05, 0) is 24.3 Å². The van der Waals surface area contributed by atoms with Crippen molar-refractivity contribution in [2.75, 3.05) is 11.9 Å². The van der Waals surface area contributed by atoms with Crippen molar-refractivity contribution in [3.63, 3.8) is 0 Å². The van der Waals surface area contributed by atoms with E-state index in [1.54, 1.807) is 6.07 Å². The van der Waals surface area contributed by atoms with Crippen LogP contribution in [0, 0.1) is 10.1 Å². The van der Waals surface area contributed by atoms with Crippen LogP contribution in [0.3, 0.4) is 0 Å². The van der Waals surface area contributed by atoms with Gasteiger partial charge in [-0.25, -0.2) is 4.79 Å². The maximum absolute atomic E-state index is 11.9. The molecule has 0 fully saturated rings. The second kappa shape index (κ2) is 8.15. The molecule has 0 saturated carbocycles. The molecule has 0 radical (unpaired) electrons. The number of hydrogen-bond donors (Lipinski definition) is 1. The number of nitrogens with zero attached hydrogens (tertiary/aromatic N) is 1. The zero-order valence-corrected chi connectivity index (χ0v) is 14.6. The lowest BCUT2D eigenvalue weighted by Crippen LogP contribution is -2.21. The molecule has 0 spiro atoms. The number of nitro groups is 1. The molecule has 0 heterocycles. The Kier molecular flexibility index (Phi) is 6.19. The largest absolute Gasteiger partial charge is 0.452 e. The monoisotopic (exact) mass is 402 g/mol. The molecular weight excluding hydrogens is 395 g/mol. The summed E-state index contributed by atoms with van der Waals surface area (Å²) in [6.07, 6.45) is 0. The molecule has 0 aliphatic heterocycles. The fourth-order valence-electron chi connectivity index (χ4n) is 1.77. The number of carbonyl (C=O) groups excluding carboxylic acids is 2. The number of carbonyl (C=O) groups is 2. The lowest BCUT2D eigenvalue weighted by molar-refractivity contribution is -0.384. The highest BCUT2D eigenvalue weighted by Crippen LogP contribution is 2.25. The molecule has 2 aromatic rings. The smallest absolute Gasteiger partial charge is 0.340 e. The van der Waals surface area contributed by atoms with Crippen LogP contribution >= 0.6 is 34.8 Å². The molecule has 1 amide bonds. The molecule has 2 aromatic carbocycles. The number of halogens is 3. The van der Waals surface area contributed by atoms with Gasteiger partial charge in [-0.1, -0.05) is 34.8 Å². The Bertz CT molecular complexity index is 857. The van der Waals surface area contributed by atoms with Crippen molar-refractivity contribution < 1.29 is 19.2 Å². The van der Waals surface area contributed by atoms with Crippen molar-refractivity contribution >= 4 is 58.1 Å². The molecular formula is C15H9Cl3N2O5. The lowest BCUT2D eigenvalue weighted by Gasteiger charge is -2.09. The highest BCUT2D eigenvalue weighted by molar-refractivity contribution is 6.35. The van der Waals surface area contributed by atoms with Crippen LogP contribution in [0.15, 0.2) is 36.4 Å². The van der Waals surface area contributed by atoms with E-state index in [4.69, 9.17) is 39.5 Å². The van der Waals surface area contributed by atoms with Crippen LogP contribution in [0.4, 0.5) is 11.4 Å². The summed E-state index contributed by atoms with van der Waals surface area (Å²) in [6, 6.07) is 7.77. The first-order chi connectivity index (χ1) is 11.8. The Morgan fingerprint density at radius 2 is 1.80 bits per heavy atom. The van der Waals surface area contributed by atoms with E-state index in [1.807, 2.05) is 0 Å². The Labute approximate surface area is 156 Å². The first-order valence-corrected chi connectivity index (χ1v) is 7.77. The number of non-ortho nitro benzene ring substituents is 1. The van der Waals surface area contributed by atoms with Gasteiger partial charge in [0.1, 0.15) is 0 Å². The highest BCUT2D eigenvalue weighted by atomic mass is 35.5. The minimum atomic E-state index is -0.896. The normalized spacial score (nSPS) is 10.2. The van der Waals surface area contributed by atoms with Crippen molar-refractivity contribution in [2.24, 2.45) is 0 Å². The number of benzene rings is 2. The van der Waals surface area contributed by atoms with E-state index in [2.05, 4.69) is 5.32 Å². The first-order valence-electron chi connectivity index (χ1n) is 6.64. The number of esters is 1. The molecule has 25 heavy (non-hydrogen) atoms. The lowest BCUT2D eigenvalue weighted by atomic mass is 10.2. The Hall–Kier alpha value is -2.35. The summed E-state index contributed by atoms with van der Waals surface area (Å²) >= 11 is 17.5. The molecule has 0 saturated heterocycles. The average Bonchev–Trinajstić information content (AvgIpc) is 2.55. The van der Waals surface area contributed by atoms with Gasteiger partial charge in [0.15, 0.2) is 6.61 Å². The quantitative estimate of drug-likeness (QED) is 0.454. The third-order valence-electron chi connectivity index (χ3n) is 2.92. The standard InChI is InChI=1S/C15H9Cl3N2O5/c16-8-1-4-11(17)13(5-8)19-14(21)7-25-15(22)10-3-2-9(20(23)24)6-12(10)18/h1-6H,7H2,(H,19,21). The van der Waals surface area contributed by atoms with Gasteiger partial charge < -0.3 is 10.1 Å². The summed E-state index contributed by atoms with van der Waals surface area (Å²) in [6.45, 7) is -0.602. The van der Waals surface area contributed by atoms with Gasteiger partial charge in [-0.3, -0.25) is 14.9 Å². The molecule has 130 valence electrons. The van der Waals surface area contributed by atoms with Crippen molar-refractivity contribution in [3.8, 4) is 0 Å². The SMILES string of the molecule is O=C(COC(=O)c1ccc([N+](=O)[O-])cc1Cl)Nc1cc(Cl)ccc1Cl. The van der Waals surface area contributed by atoms with Gasteiger partial charge in [0.05, 0.1) is 26.2 Å². The number of anilines is 1. The molecule has 2 rings (SSSR count). The molecule has 10 heteroatoms. The summed E-state index contributed by atoms with van der Waals surface area (Å²) in [7, 11) is 0. The van der Waals surface area contributed by atoms with Gasteiger partial charge in [-0.15, -0.1) is 0 Å². The van der Waals surface area contributed by atoms with E-state index in [0.29, 0.717) is 5.02 Å². The van der Waals surface area contributed by atoms with Crippen molar-refractivity contribution in [3.05, 3.63) is 67.1 Å². The number of nitrogens with one attached hydrogen (secondary N) is 1. The number of hydrogen-bond acceptors (Lipinski definition) is 5. The fourth-order valence-corrected chi connectivity index (χ4v) is 2.36. The van der Waals surface area contributed by atoms with E-state index in [-0.39, 0.29) is 27.0 Å². The zero-order chi connectivity index (χ0) is 18.6. The highest BCUT2D eigenvalue weighted by Gasteiger charge is 2.17. The van der Waals surface area contributed by atoms with Crippen molar-refractivity contribution in [1.29, 1.82) is 0 Å². The number of amides is 1. The van der Waals surface area contributed by atoms with E-state index < -0.39 is 23.4 Å². The Balaban J connectivity index is 1.98. The second-order valence-corrected chi connectivity index (χ2v) is 5.92. The van der Waals surface area contributed by atoms with Crippen LogP contribution in [0.2, 0.25) is 15.1 Å². The van der Waals surface area contributed by atoms with Crippen LogP contribution in [0.25, 0.3) is 0 Å². The number of ether oxygens (including phenoxy) is 1. The maximum Gasteiger partial charge on any atom is 0.340 e. The number of rotatable bonds is 5. The third-order valence-corrected chi connectivity index (χ3v) is 3.80. The predicted molar refractivity (Wildman–Crippen MR) is 93.5 cm³/mol. The molecule has 0 unspecified atom stereocenters. The van der Waals surface area contributed by atoms with Crippen LogP contribution in [-0.4, -0.2) is 23.4 Å². The zero-order valence-electron chi connectivity index (χ0n) is 12.3. The molecule has 0 aromatic heterocycles. The minimum absolute atomic E-state index is 0.0964. The Morgan fingerprint density at radius 3 is 2.44 bits per heavy atom. The summed E-state index contributed by atoms with van der Waals surface area (Å²) < 4.78 is 4.83. The van der Waals surface area contributed by atoms with Gasteiger partial charge in [0.25, 0.3) is 11.6 Å². The predicted octanol–water partition coefficient (Wildman–Crippen LogP) is 4.35. The minimum Gasteiger partial charge on any atom is -0.452 e. The number of nitro benzene ring substituents is 1. The molecule has 0 aliphatic carbocycles. The van der Waals surface area contributed by atoms with Gasteiger partial charge in [0, 0.05) is 17.2 Å². The molecule has 1 N–H and O–H groups in total. The summed E-state index contributed by atoms with van der Waals surface area (Å²) in [5, 5.41) is 13.6. The van der Waals surface area contributed by atoms with E-state index in [9.17, 15) is 19.7 Å². The van der Waals surface area contributed by atoms with E-state index in [0.717, 1.165) is 18.2 Å². The summed E-state index contributed by atoms with van der Waals surface area (Å²) in [4.78, 5) is 33.7. The molecule has 0 aliphatic rings. The van der Waals surface area contributed by atoms with E-state index >= 15 is 0 Å². The topological polar surface area (TPSA) is 98.5 Å². The van der Waals surface area contributed by atoms with E-state index in [1.165, 1.54) is 12.1 Å². The van der Waals surface area contributed by atoms with Gasteiger partial charge in [-0.2, -0.15) is 0 Å².